The molecule has 1 aromatic heterocycles. The van der Waals surface area contributed by atoms with E-state index < -0.39 is 38.5 Å². The fraction of sp³-hybridized carbons (Fsp3) is 0.571. The standard InChI is InChI=1S/C21H27F2N5O4S/c1-26-15-19(24-25-26)33(30,31)28-11-9-27(10-12-28)21(7-13-32-14-8-21)6-5-18(29)20-16(22)3-2-4-17(20)23/h2-4,15H,5-14H2,1H3. The van der Waals surface area contributed by atoms with Crippen molar-refractivity contribution < 1.29 is 26.7 Å². The smallest absolute Gasteiger partial charge is 0.264 e. The van der Waals surface area contributed by atoms with Crippen molar-refractivity contribution in [1.82, 2.24) is 24.2 Å². The van der Waals surface area contributed by atoms with Gasteiger partial charge in [0.1, 0.15) is 11.6 Å². The van der Waals surface area contributed by atoms with Crippen LogP contribution in [0, 0.1) is 11.6 Å². The van der Waals surface area contributed by atoms with Crippen LogP contribution >= 0.6 is 0 Å². The first-order chi connectivity index (χ1) is 15.7. The minimum Gasteiger partial charge on any atom is -0.381 e. The van der Waals surface area contributed by atoms with Gasteiger partial charge in [-0.05, 0) is 31.4 Å². The first-order valence-electron chi connectivity index (χ1n) is 10.9. The first kappa shape index (κ1) is 23.9. The molecular weight excluding hydrogens is 456 g/mol. The number of Topliss-reactive ketones (excluding diaryl/α,β-unsaturated/α-hetero) is 1. The van der Waals surface area contributed by atoms with E-state index in [1.807, 2.05) is 0 Å². The van der Waals surface area contributed by atoms with E-state index in [4.69, 9.17) is 4.74 Å². The number of aryl methyl sites for hydroxylation is 1. The summed E-state index contributed by atoms with van der Waals surface area (Å²) in [6, 6.07) is 3.39. The maximum absolute atomic E-state index is 14.0. The lowest BCUT2D eigenvalue weighted by atomic mass is 9.82. The topological polar surface area (TPSA) is 97.6 Å². The number of rotatable bonds is 7. The zero-order chi connectivity index (χ0) is 23.6. The van der Waals surface area contributed by atoms with Crippen LogP contribution in [-0.4, -0.2) is 83.3 Å². The average molecular weight is 484 g/mol. The molecule has 0 bridgehead atoms. The third-order valence-electron chi connectivity index (χ3n) is 6.58. The van der Waals surface area contributed by atoms with E-state index in [0.29, 0.717) is 45.6 Å². The van der Waals surface area contributed by atoms with Crippen molar-refractivity contribution in [2.24, 2.45) is 7.05 Å². The number of sulfonamides is 1. The molecule has 0 N–H and O–H groups in total. The van der Waals surface area contributed by atoms with E-state index in [1.54, 1.807) is 7.05 Å². The van der Waals surface area contributed by atoms with Gasteiger partial charge in [-0.2, -0.15) is 4.31 Å². The lowest BCUT2D eigenvalue weighted by Crippen LogP contribution is -2.59. The summed E-state index contributed by atoms with van der Waals surface area (Å²) in [5, 5.41) is 7.35. The van der Waals surface area contributed by atoms with Gasteiger partial charge < -0.3 is 4.74 Å². The normalized spacial score (nSPS) is 20.1. The van der Waals surface area contributed by atoms with E-state index in [1.165, 1.54) is 21.3 Å². The SMILES string of the molecule is Cn1cc(S(=O)(=O)N2CCN(C3(CCC(=O)c4c(F)cccc4F)CCOCC3)CC2)nn1. The summed E-state index contributed by atoms with van der Waals surface area (Å²) in [5.74, 6) is -2.28. The first-order valence-corrected chi connectivity index (χ1v) is 12.3. The second-order valence-corrected chi connectivity index (χ2v) is 10.4. The molecule has 2 aliphatic rings. The number of carbonyl (C=O) groups is 1. The van der Waals surface area contributed by atoms with Gasteiger partial charge in [-0.15, -0.1) is 5.10 Å². The molecule has 0 amide bonds. The van der Waals surface area contributed by atoms with Crippen LogP contribution in [0.25, 0.3) is 0 Å². The lowest BCUT2D eigenvalue weighted by molar-refractivity contribution is -0.0445. The number of carbonyl (C=O) groups excluding carboxylic acids is 1. The molecule has 9 nitrogen and oxygen atoms in total. The molecule has 33 heavy (non-hydrogen) atoms. The molecule has 0 radical (unpaired) electrons. The third-order valence-corrected chi connectivity index (χ3v) is 8.34. The molecular formula is C21H27F2N5O4S. The van der Waals surface area contributed by atoms with Crippen molar-refractivity contribution in [3.63, 3.8) is 0 Å². The minimum atomic E-state index is -3.74. The zero-order valence-electron chi connectivity index (χ0n) is 18.4. The van der Waals surface area contributed by atoms with E-state index >= 15 is 0 Å². The van der Waals surface area contributed by atoms with Gasteiger partial charge in [-0.1, -0.05) is 11.3 Å². The highest BCUT2D eigenvalue weighted by atomic mass is 32.2. The van der Waals surface area contributed by atoms with Gasteiger partial charge in [0.2, 0.25) is 5.03 Å². The predicted octanol–water partition coefficient (Wildman–Crippen LogP) is 1.61. The Bertz CT molecular complexity index is 1090. The van der Waals surface area contributed by atoms with Crippen LogP contribution in [0.3, 0.4) is 0 Å². The predicted molar refractivity (Wildman–Crippen MR) is 114 cm³/mol. The Balaban J connectivity index is 1.45. The number of ketones is 1. The van der Waals surface area contributed by atoms with E-state index in [9.17, 15) is 22.0 Å². The Morgan fingerprint density at radius 1 is 1.12 bits per heavy atom. The van der Waals surface area contributed by atoms with Gasteiger partial charge in [0.25, 0.3) is 10.0 Å². The molecule has 0 aliphatic carbocycles. The number of nitrogens with zero attached hydrogens (tertiary/aromatic N) is 5. The Hall–Kier alpha value is -2.28. The van der Waals surface area contributed by atoms with Crippen molar-refractivity contribution in [1.29, 1.82) is 0 Å². The number of halogens is 2. The molecule has 180 valence electrons. The van der Waals surface area contributed by atoms with Crippen LogP contribution in [0.15, 0.2) is 29.4 Å². The molecule has 2 saturated heterocycles. The van der Waals surface area contributed by atoms with Crippen LogP contribution in [-0.2, 0) is 21.8 Å². The van der Waals surface area contributed by atoms with Gasteiger partial charge >= 0.3 is 0 Å². The number of piperazine rings is 1. The summed E-state index contributed by atoms with van der Waals surface area (Å²) in [5.41, 5.74) is -0.891. The monoisotopic (exact) mass is 483 g/mol. The molecule has 0 atom stereocenters. The maximum Gasteiger partial charge on any atom is 0.264 e. The lowest BCUT2D eigenvalue weighted by Gasteiger charge is -2.49. The average Bonchev–Trinajstić information content (AvgIpc) is 3.25. The summed E-state index contributed by atoms with van der Waals surface area (Å²) >= 11 is 0. The van der Waals surface area contributed by atoms with Crippen LogP contribution in [0.4, 0.5) is 8.78 Å². The summed E-state index contributed by atoms with van der Waals surface area (Å²) in [7, 11) is -2.13. The Labute approximate surface area is 191 Å². The molecule has 4 rings (SSSR count). The highest BCUT2D eigenvalue weighted by molar-refractivity contribution is 7.89. The van der Waals surface area contributed by atoms with Gasteiger partial charge in [0, 0.05) is 58.4 Å². The van der Waals surface area contributed by atoms with E-state index in [2.05, 4.69) is 15.2 Å². The highest BCUT2D eigenvalue weighted by Crippen LogP contribution is 2.35. The Morgan fingerprint density at radius 3 is 2.33 bits per heavy atom. The molecule has 0 saturated carbocycles. The fourth-order valence-corrected chi connectivity index (χ4v) is 6.02. The molecule has 0 spiro atoms. The number of benzene rings is 1. The molecule has 0 unspecified atom stereocenters. The van der Waals surface area contributed by atoms with Gasteiger partial charge in [0.05, 0.1) is 11.8 Å². The molecule has 3 heterocycles. The number of aromatic nitrogens is 3. The van der Waals surface area contributed by atoms with Crippen molar-refractivity contribution in [2.75, 3.05) is 39.4 Å². The molecule has 1 aromatic carbocycles. The highest BCUT2D eigenvalue weighted by Gasteiger charge is 2.42. The Kier molecular flexibility index (Phi) is 6.89. The number of ether oxygens (including phenoxy) is 1. The van der Waals surface area contributed by atoms with Crippen molar-refractivity contribution in [3.05, 3.63) is 41.6 Å². The molecule has 12 heteroatoms. The molecule has 2 fully saturated rings. The van der Waals surface area contributed by atoms with Gasteiger partial charge in [-0.25, -0.2) is 17.2 Å². The maximum atomic E-state index is 14.0. The molecule has 2 aliphatic heterocycles. The summed E-state index contributed by atoms with van der Waals surface area (Å²) in [6.45, 7) is 2.53. The summed E-state index contributed by atoms with van der Waals surface area (Å²) < 4.78 is 62.1. The summed E-state index contributed by atoms with van der Waals surface area (Å²) in [6.07, 6.45) is 3.11. The van der Waals surface area contributed by atoms with Crippen LogP contribution < -0.4 is 0 Å². The van der Waals surface area contributed by atoms with Gasteiger partial charge in [-0.3, -0.25) is 14.4 Å². The second-order valence-electron chi connectivity index (χ2n) is 8.48. The largest absolute Gasteiger partial charge is 0.381 e. The quantitative estimate of drug-likeness (QED) is 0.552. The fourth-order valence-electron chi connectivity index (χ4n) is 4.69. The number of hydrogen-bond donors (Lipinski definition) is 0. The Morgan fingerprint density at radius 2 is 1.76 bits per heavy atom. The zero-order valence-corrected chi connectivity index (χ0v) is 19.2. The number of hydrogen-bond acceptors (Lipinski definition) is 7. The second kappa shape index (κ2) is 9.53. The van der Waals surface area contributed by atoms with Crippen molar-refractivity contribution in [3.8, 4) is 0 Å². The van der Waals surface area contributed by atoms with E-state index in [0.717, 1.165) is 12.1 Å². The van der Waals surface area contributed by atoms with Crippen molar-refractivity contribution >= 4 is 15.8 Å². The van der Waals surface area contributed by atoms with Gasteiger partial charge in [0.15, 0.2) is 5.78 Å². The van der Waals surface area contributed by atoms with Crippen molar-refractivity contribution in [2.45, 2.75) is 36.2 Å². The van der Waals surface area contributed by atoms with E-state index in [-0.39, 0.29) is 24.5 Å². The summed E-state index contributed by atoms with van der Waals surface area (Å²) in [4.78, 5) is 14.9. The molecule has 2 aromatic rings. The third kappa shape index (κ3) is 4.84. The van der Waals surface area contributed by atoms with Crippen LogP contribution in [0.2, 0.25) is 0 Å². The minimum absolute atomic E-state index is 0.00400. The van der Waals surface area contributed by atoms with Crippen LogP contribution in [0.1, 0.15) is 36.0 Å². The van der Waals surface area contributed by atoms with Crippen LogP contribution in [0.5, 0.6) is 0 Å².